The summed E-state index contributed by atoms with van der Waals surface area (Å²) in [6, 6.07) is 5.51. The monoisotopic (exact) mass is 379 g/mol. The number of piperidine rings is 1. The standard InChI is InChI=1S/C19H21N7O2/c1-2-26-17(23-24-19(26)28)13-6-5-9-25(12-13)18(27)14-10-21-16(22-11-14)15-7-3-4-8-20-15/h3-4,7-8,10-11,13H,2,5-6,9,12H2,1H3,(H,24,28). The van der Waals surface area contributed by atoms with Gasteiger partial charge in [0.1, 0.15) is 11.5 Å². The van der Waals surface area contributed by atoms with Crippen LogP contribution in [0.2, 0.25) is 0 Å². The van der Waals surface area contributed by atoms with E-state index in [1.54, 1.807) is 28.1 Å². The number of carbonyl (C=O) groups excluding carboxylic acids is 1. The predicted molar refractivity (Wildman–Crippen MR) is 102 cm³/mol. The average Bonchev–Trinajstić information content (AvgIpc) is 3.14. The van der Waals surface area contributed by atoms with E-state index in [1.165, 1.54) is 0 Å². The number of carbonyl (C=O) groups is 1. The first-order valence-electron chi connectivity index (χ1n) is 9.35. The Hall–Kier alpha value is -3.36. The zero-order chi connectivity index (χ0) is 19.5. The highest BCUT2D eigenvalue weighted by Gasteiger charge is 2.29. The van der Waals surface area contributed by atoms with Gasteiger partial charge in [0.25, 0.3) is 5.91 Å². The fraction of sp³-hybridized carbons (Fsp3) is 0.368. The smallest absolute Gasteiger partial charge is 0.338 e. The molecule has 1 aliphatic heterocycles. The third kappa shape index (κ3) is 3.42. The van der Waals surface area contributed by atoms with Crippen LogP contribution in [-0.4, -0.2) is 53.6 Å². The molecule has 1 aliphatic rings. The van der Waals surface area contributed by atoms with E-state index in [1.807, 2.05) is 25.1 Å². The highest BCUT2D eigenvalue weighted by atomic mass is 16.2. The van der Waals surface area contributed by atoms with Crippen molar-refractivity contribution in [2.45, 2.75) is 32.2 Å². The number of amides is 1. The molecule has 144 valence electrons. The van der Waals surface area contributed by atoms with Crippen LogP contribution in [0.15, 0.2) is 41.6 Å². The van der Waals surface area contributed by atoms with Crippen molar-refractivity contribution in [2.24, 2.45) is 0 Å². The number of hydrogen-bond acceptors (Lipinski definition) is 6. The molecule has 0 aromatic carbocycles. The second-order valence-corrected chi connectivity index (χ2v) is 6.73. The van der Waals surface area contributed by atoms with Crippen LogP contribution in [0.4, 0.5) is 0 Å². The van der Waals surface area contributed by atoms with Crippen molar-refractivity contribution in [3.8, 4) is 11.5 Å². The average molecular weight is 379 g/mol. The van der Waals surface area contributed by atoms with E-state index >= 15 is 0 Å². The number of H-pyrrole nitrogens is 1. The second-order valence-electron chi connectivity index (χ2n) is 6.73. The third-order valence-corrected chi connectivity index (χ3v) is 4.97. The fourth-order valence-electron chi connectivity index (χ4n) is 3.57. The molecule has 1 N–H and O–H groups in total. The summed E-state index contributed by atoms with van der Waals surface area (Å²) in [6.45, 7) is 3.65. The Labute approximate surface area is 161 Å². The minimum absolute atomic E-state index is 0.0327. The number of hydrogen-bond donors (Lipinski definition) is 1. The summed E-state index contributed by atoms with van der Waals surface area (Å²) >= 11 is 0. The van der Waals surface area contributed by atoms with E-state index in [0.717, 1.165) is 12.8 Å². The van der Waals surface area contributed by atoms with Gasteiger partial charge in [-0.1, -0.05) is 6.07 Å². The first-order valence-corrected chi connectivity index (χ1v) is 9.35. The van der Waals surface area contributed by atoms with Gasteiger partial charge in [-0.05, 0) is 31.9 Å². The van der Waals surface area contributed by atoms with Gasteiger partial charge >= 0.3 is 5.69 Å². The molecule has 1 fully saturated rings. The van der Waals surface area contributed by atoms with Crippen molar-refractivity contribution in [1.82, 2.24) is 34.6 Å². The molecule has 1 amide bonds. The van der Waals surface area contributed by atoms with Crippen LogP contribution in [0, 0.1) is 0 Å². The SMILES string of the molecule is CCn1c(C2CCCN(C(=O)c3cnc(-c4ccccn4)nc3)C2)n[nH]c1=O. The Morgan fingerprint density at radius 2 is 2.07 bits per heavy atom. The summed E-state index contributed by atoms with van der Waals surface area (Å²) in [7, 11) is 0. The molecule has 9 nitrogen and oxygen atoms in total. The van der Waals surface area contributed by atoms with Gasteiger partial charge in [0.05, 0.1) is 5.56 Å². The number of aromatic nitrogens is 6. The molecule has 0 aliphatic carbocycles. The van der Waals surface area contributed by atoms with E-state index in [2.05, 4.69) is 25.1 Å². The summed E-state index contributed by atoms with van der Waals surface area (Å²) in [5.41, 5.74) is 0.894. The van der Waals surface area contributed by atoms with Crippen molar-refractivity contribution in [2.75, 3.05) is 13.1 Å². The molecule has 9 heteroatoms. The lowest BCUT2D eigenvalue weighted by Crippen LogP contribution is -2.40. The van der Waals surface area contributed by atoms with Gasteiger partial charge in [0.2, 0.25) is 0 Å². The number of rotatable bonds is 4. The predicted octanol–water partition coefficient (Wildman–Crippen LogP) is 1.46. The molecule has 1 saturated heterocycles. The molecule has 1 unspecified atom stereocenters. The largest absolute Gasteiger partial charge is 0.343 e. The molecule has 4 heterocycles. The molecule has 0 saturated carbocycles. The van der Waals surface area contributed by atoms with Gasteiger partial charge in [-0.15, -0.1) is 0 Å². The molecule has 0 spiro atoms. The Bertz CT molecular complexity index is 1010. The van der Waals surface area contributed by atoms with Crippen LogP contribution in [0.3, 0.4) is 0 Å². The van der Waals surface area contributed by atoms with E-state index in [9.17, 15) is 9.59 Å². The molecule has 1 atom stereocenters. The summed E-state index contributed by atoms with van der Waals surface area (Å²) in [5.74, 6) is 1.12. The number of likely N-dealkylation sites (tertiary alicyclic amines) is 1. The fourth-order valence-corrected chi connectivity index (χ4v) is 3.57. The first-order chi connectivity index (χ1) is 13.7. The van der Waals surface area contributed by atoms with Crippen molar-refractivity contribution >= 4 is 5.91 Å². The van der Waals surface area contributed by atoms with Crippen LogP contribution in [0.5, 0.6) is 0 Å². The molecule has 3 aromatic heterocycles. The number of nitrogens with one attached hydrogen (secondary N) is 1. The molecule has 0 bridgehead atoms. The van der Waals surface area contributed by atoms with Gasteiger partial charge in [-0.3, -0.25) is 14.3 Å². The van der Waals surface area contributed by atoms with Gasteiger partial charge in [0.15, 0.2) is 5.82 Å². The maximum absolute atomic E-state index is 12.9. The van der Waals surface area contributed by atoms with Gasteiger partial charge in [-0.25, -0.2) is 19.9 Å². The highest BCUT2D eigenvalue weighted by molar-refractivity contribution is 5.93. The lowest BCUT2D eigenvalue weighted by Gasteiger charge is -2.32. The van der Waals surface area contributed by atoms with Crippen molar-refractivity contribution in [3.63, 3.8) is 0 Å². The molecular weight excluding hydrogens is 358 g/mol. The maximum Gasteiger partial charge on any atom is 0.343 e. The zero-order valence-electron chi connectivity index (χ0n) is 15.6. The Morgan fingerprint density at radius 3 is 2.79 bits per heavy atom. The van der Waals surface area contributed by atoms with Gasteiger partial charge < -0.3 is 4.90 Å². The van der Waals surface area contributed by atoms with E-state index in [-0.39, 0.29) is 17.5 Å². The maximum atomic E-state index is 12.9. The lowest BCUT2D eigenvalue weighted by molar-refractivity contribution is 0.0702. The summed E-state index contributed by atoms with van der Waals surface area (Å²) in [5, 5.41) is 6.69. The van der Waals surface area contributed by atoms with Crippen molar-refractivity contribution < 1.29 is 4.79 Å². The van der Waals surface area contributed by atoms with Crippen LogP contribution >= 0.6 is 0 Å². The van der Waals surface area contributed by atoms with E-state index in [4.69, 9.17) is 0 Å². The number of pyridine rings is 1. The summed E-state index contributed by atoms with van der Waals surface area (Å²) < 4.78 is 1.63. The van der Waals surface area contributed by atoms with Crippen molar-refractivity contribution in [1.29, 1.82) is 0 Å². The minimum Gasteiger partial charge on any atom is -0.338 e. The molecule has 4 rings (SSSR count). The van der Waals surface area contributed by atoms with Crippen LogP contribution < -0.4 is 5.69 Å². The first kappa shape index (κ1) is 18.0. The zero-order valence-corrected chi connectivity index (χ0v) is 15.6. The summed E-state index contributed by atoms with van der Waals surface area (Å²) in [4.78, 5) is 39.3. The van der Waals surface area contributed by atoms with Gasteiger partial charge in [0, 0.05) is 44.1 Å². The minimum atomic E-state index is -0.209. The van der Waals surface area contributed by atoms with Gasteiger partial charge in [-0.2, -0.15) is 5.10 Å². The number of aromatic amines is 1. The van der Waals surface area contributed by atoms with Crippen LogP contribution in [0.25, 0.3) is 11.5 Å². The quantitative estimate of drug-likeness (QED) is 0.735. The molecular formula is C19H21N7O2. The molecule has 0 radical (unpaired) electrons. The van der Waals surface area contributed by atoms with Crippen molar-refractivity contribution in [3.05, 3.63) is 58.7 Å². The Balaban J connectivity index is 1.50. The molecule has 3 aromatic rings. The highest BCUT2D eigenvalue weighted by Crippen LogP contribution is 2.26. The van der Waals surface area contributed by atoms with Crippen LogP contribution in [0.1, 0.15) is 41.9 Å². The normalized spacial score (nSPS) is 16.9. The van der Waals surface area contributed by atoms with E-state index in [0.29, 0.717) is 42.5 Å². The number of nitrogens with zero attached hydrogens (tertiary/aromatic N) is 6. The third-order valence-electron chi connectivity index (χ3n) is 4.97. The Morgan fingerprint density at radius 1 is 1.25 bits per heavy atom. The Kier molecular flexibility index (Phi) is 4.96. The van der Waals surface area contributed by atoms with Crippen LogP contribution in [-0.2, 0) is 6.54 Å². The summed E-state index contributed by atoms with van der Waals surface area (Å²) in [6.07, 6.45) is 6.51. The molecule has 28 heavy (non-hydrogen) atoms. The lowest BCUT2D eigenvalue weighted by atomic mass is 9.96. The van der Waals surface area contributed by atoms with E-state index < -0.39 is 0 Å². The second kappa shape index (κ2) is 7.71. The topological polar surface area (TPSA) is 110 Å².